The minimum atomic E-state index is -0.983. The predicted octanol–water partition coefficient (Wildman–Crippen LogP) is 3.95. The summed E-state index contributed by atoms with van der Waals surface area (Å²) in [6.45, 7) is 1.71. The van der Waals surface area contributed by atoms with Crippen LogP contribution >= 0.6 is 12.6 Å². The van der Waals surface area contributed by atoms with Crippen LogP contribution in [0.3, 0.4) is 0 Å². The van der Waals surface area contributed by atoms with E-state index < -0.39 is 11.1 Å². The van der Waals surface area contributed by atoms with Gasteiger partial charge < -0.3 is 9.67 Å². The molecule has 0 aliphatic rings. The summed E-state index contributed by atoms with van der Waals surface area (Å²) in [5.41, 5.74) is 4.31. The second-order valence-electron chi connectivity index (χ2n) is 5.98. The van der Waals surface area contributed by atoms with Crippen LogP contribution in [0.5, 0.6) is 0 Å². The van der Waals surface area contributed by atoms with Gasteiger partial charge in [0.2, 0.25) is 5.12 Å². The molecule has 4 nitrogen and oxygen atoms in total. The van der Waals surface area contributed by atoms with E-state index in [9.17, 15) is 14.7 Å². The summed E-state index contributed by atoms with van der Waals surface area (Å²) < 4.78 is 1.55. The molecule has 0 fully saturated rings. The number of aryl methyl sites for hydroxylation is 1. The number of carboxylic acid groups (broad SMARTS) is 1. The van der Waals surface area contributed by atoms with Crippen LogP contribution in [-0.2, 0) is 24.2 Å². The molecule has 25 heavy (non-hydrogen) atoms. The molecule has 2 aromatic carbocycles. The van der Waals surface area contributed by atoms with Crippen LogP contribution in [0.2, 0.25) is 0 Å². The minimum Gasteiger partial charge on any atom is -0.480 e. The van der Waals surface area contributed by atoms with Crippen molar-refractivity contribution in [1.82, 2.24) is 4.57 Å². The molecule has 0 unspecified atom stereocenters. The third-order valence-electron chi connectivity index (χ3n) is 4.33. The van der Waals surface area contributed by atoms with Crippen LogP contribution in [-0.4, -0.2) is 20.8 Å². The number of carbonyl (C=O) groups excluding carboxylic acids is 1. The van der Waals surface area contributed by atoms with E-state index in [4.69, 9.17) is 0 Å². The van der Waals surface area contributed by atoms with Crippen molar-refractivity contribution in [1.29, 1.82) is 0 Å². The monoisotopic (exact) mass is 353 g/mol. The van der Waals surface area contributed by atoms with Crippen molar-refractivity contribution in [3.63, 3.8) is 0 Å². The highest BCUT2D eigenvalue weighted by molar-refractivity contribution is 7.97. The quantitative estimate of drug-likeness (QED) is 0.660. The number of rotatable bonds is 6. The Kier molecular flexibility index (Phi) is 4.95. The van der Waals surface area contributed by atoms with E-state index >= 15 is 0 Å². The molecule has 0 spiro atoms. The number of carboxylic acids is 1. The van der Waals surface area contributed by atoms with Crippen molar-refractivity contribution in [3.8, 4) is 0 Å². The fourth-order valence-electron chi connectivity index (χ4n) is 3.31. The van der Waals surface area contributed by atoms with Crippen molar-refractivity contribution >= 4 is 34.6 Å². The second kappa shape index (κ2) is 7.15. The molecule has 0 aliphatic heterocycles. The molecule has 128 valence electrons. The van der Waals surface area contributed by atoms with Crippen LogP contribution in [0.25, 0.3) is 10.9 Å². The molecule has 0 bridgehead atoms. The lowest BCUT2D eigenvalue weighted by molar-refractivity contribution is -0.137. The third-order valence-corrected chi connectivity index (χ3v) is 4.55. The Morgan fingerprint density at radius 2 is 1.80 bits per heavy atom. The van der Waals surface area contributed by atoms with Gasteiger partial charge in [-0.3, -0.25) is 9.59 Å². The van der Waals surface area contributed by atoms with Crippen LogP contribution in [0.4, 0.5) is 0 Å². The zero-order valence-electron chi connectivity index (χ0n) is 13.9. The number of hydrogen-bond acceptors (Lipinski definition) is 2. The molecule has 0 radical (unpaired) electrons. The molecule has 1 heterocycles. The fraction of sp³-hybridized carbons (Fsp3) is 0.200. The van der Waals surface area contributed by atoms with Crippen molar-refractivity contribution in [2.45, 2.75) is 26.3 Å². The molecular formula is C20H19NO3S. The Morgan fingerprint density at radius 1 is 1.08 bits per heavy atom. The van der Waals surface area contributed by atoms with E-state index in [1.807, 2.05) is 37.3 Å². The van der Waals surface area contributed by atoms with Gasteiger partial charge in [-0.1, -0.05) is 56.0 Å². The van der Waals surface area contributed by atoms with Gasteiger partial charge >= 0.3 is 5.97 Å². The summed E-state index contributed by atoms with van der Waals surface area (Å²) in [6.07, 6.45) is 1.42. The van der Waals surface area contributed by atoms with Crippen molar-refractivity contribution in [3.05, 3.63) is 70.9 Å². The molecule has 0 aliphatic carbocycles. The lowest BCUT2D eigenvalue weighted by atomic mass is 10.0. The van der Waals surface area contributed by atoms with Crippen molar-refractivity contribution < 1.29 is 14.7 Å². The average Bonchev–Trinajstić information content (AvgIpc) is 2.88. The molecule has 5 heteroatoms. The maximum Gasteiger partial charge on any atom is 0.323 e. The summed E-state index contributed by atoms with van der Waals surface area (Å²) >= 11 is 3.97. The Labute approximate surface area is 151 Å². The van der Waals surface area contributed by atoms with Crippen LogP contribution in [0.15, 0.2) is 48.5 Å². The predicted molar refractivity (Wildman–Crippen MR) is 102 cm³/mol. The minimum absolute atomic E-state index is 0.254. The van der Waals surface area contributed by atoms with Crippen LogP contribution in [0, 0.1) is 0 Å². The van der Waals surface area contributed by atoms with Crippen LogP contribution in [0.1, 0.15) is 34.1 Å². The Balaban J connectivity index is 2.15. The van der Waals surface area contributed by atoms with Gasteiger partial charge in [0.15, 0.2) is 0 Å². The van der Waals surface area contributed by atoms with Gasteiger partial charge in [0.1, 0.15) is 12.2 Å². The number of benzene rings is 2. The van der Waals surface area contributed by atoms with Crippen molar-refractivity contribution in [2.24, 2.45) is 0 Å². The molecule has 1 N–H and O–H groups in total. The summed E-state index contributed by atoms with van der Waals surface area (Å²) in [7, 11) is 0. The number of aromatic nitrogens is 1. The van der Waals surface area contributed by atoms with E-state index in [-0.39, 0.29) is 6.54 Å². The number of hydrogen-bond donors (Lipinski definition) is 2. The molecular weight excluding hydrogens is 334 g/mol. The van der Waals surface area contributed by atoms with Gasteiger partial charge in [0, 0.05) is 10.9 Å². The van der Waals surface area contributed by atoms with Gasteiger partial charge in [0.05, 0.1) is 0 Å². The molecule has 0 saturated heterocycles. The first-order valence-electron chi connectivity index (χ1n) is 8.14. The molecule has 1 aromatic heterocycles. The highest BCUT2D eigenvalue weighted by Crippen LogP contribution is 2.29. The average molecular weight is 353 g/mol. The molecule has 0 atom stereocenters. The number of carbonyl (C=O) groups is 2. The SMILES string of the molecule is CCc1c(C(=O)S)n(CC(=O)O)c2ccc(Cc3ccccc3)cc12. The van der Waals surface area contributed by atoms with E-state index in [1.165, 1.54) is 5.56 Å². The summed E-state index contributed by atoms with van der Waals surface area (Å²) in [6, 6.07) is 16.1. The number of thiol groups is 1. The van der Waals surface area contributed by atoms with E-state index in [0.717, 1.165) is 28.5 Å². The summed E-state index contributed by atoms with van der Waals surface area (Å²) in [4.78, 5) is 23.3. The lowest BCUT2D eigenvalue weighted by Crippen LogP contribution is -2.13. The number of fused-ring (bicyclic) bond motifs is 1. The largest absolute Gasteiger partial charge is 0.480 e. The molecule has 0 saturated carbocycles. The van der Waals surface area contributed by atoms with Gasteiger partial charge in [-0.2, -0.15) is 0 Å². The molecule has 3 rings (SSSR count). The first-order chi connectivity index (χ1) is 12.0. The van der Waals surface area contributed by atoms with E-state index in [0.29, 0.717) is 12.1 Å². The standard InChI is InChI=1S/C20H19NO3S/c1-2-15-16-11-14(10-13-6-4-3-5-7-13)8-9-17(16)21(12-18(22)23)19(15)20(24)25/h3-9,11H,2,10,12H2,1H3,(H,22,23)(H,24,25). The first kappa shape index (κ1) is 17.3. The topological polar surface area (TPSA) is 59.3 Å². The molecule has 0 amide bonds. The van der Waals surface area contributed by atoms with Gasteiger partial charge in [-0.15, -0.1) is 0 Å². The van der Waals surface area contributed by atoms with E-state index in [1.54, 1.807) is 4.57 Å². The second-order valence-corrected chi connectivity index (χ2v) is 6.39. The third kappa shape index (κ3) is 3.46. The highest BCUT2D eigenvalue weighted by Gasteiger charge is 2.21. The Morgan fingerprint density at radius 3 is 2.40 bits per heavy atom. The zero-order chi connectivity index (χ0) is 18.0. The normalized spacial score (nSPS) is 11.0. The van der Waals surface area contributed by atoms with Gasteiger partial charge in [-0.05, 0) is 41.7 Å². The summed E-state index contributed by atoms with van der Waals surface area (Å²) in [5, 5.41) is 9.73. The number of nitrogens with zero attached hydrogens (tertiary/aromatic N) is 1. The van der Waals surface area contributed by atoms with E-state index in [2.05, 4.69) is 30.8 Å². The number of aliphatic carboxylic acids is 1. The molecule has 3 aromatic rings. The highest BCUT2D eigenvalue weighted by atomic mass is 32.1. The van der Waals surface area contributed by atoms with Gasteiger partial charge in [0.25, 0.3) is 0 Å². The zero-order valence-corrected chi connectivity index (χ0v) is 14.8. The first-order valence-corrected chi connectivity index (χ1v) is 8.59. The Bertz CT molecular complexity index is 944. The van der Waals surface area contributed by atoms with Gasteiger partial charge in [-0.25, -0.2) is 0 Å². The Hall–Kier alpha value is -2.53. The maximum atomic E-state index is 12.0. The van der Waals surface area contributed by atoms with Crippen molar-refractivity contribution in [2.75, 3.05) is 0 Å². The lowest BCUT2D eigenvalue weighted by Gasteiger charge is -2.06. The maximum absolute atomic E-state index is 12.0. The van der Waals surface area contributed by atoms with Crippen LogP contribution < -0.4 is 0 Å². The smallest absolute Gasteiger partial charge is 0.323 e. The summed E-state index contributed by atoms with van der Waals surface area (Å²) in [5.74, 6) is -0.983. The fourth-order valence-corrected chi connectivity index (χ4v) is 3.57.